The molecule has 0 spiro atoms. The largest absolute Gasteiger partial charge is 0.342 e. The first-order chi connectivity index (χ1) is 13.1. The molecule has 0 radical (unpaired) electrons. The molecule has 3 rings (SSSR count). The Hall–Kier alpha value is -3.65. The van der Waals surface area contributed by atoms with Crippen LogP contribution in [0.15, 0.2) is 61.4 Å². The van der Waals surface area contributed by atoms with Crippen LogP contribution in [0, 0.1) is 12.3 Å². The van der Waals surface area contributed by atoms with Crippen LogP contribution < -0.4 is 5.32 Å². The molecule has 0 atom stereocenters. The molecule has 0 aliphatic carbocycles. The van der Waals surface area contributed by atoms with Gasteiger partial charge in [-0.25, -0.2) is 9.97 Å². The maximum absolute atomic E-state index is 12.3. The number of likely N-dealkylation sites (N-methyl/N-ethyl adjacent to an activating group) is 1. The molecule has 0 aliphatic rings. The van der Waals surface area contributed by atoms with Crippen molar-refractivity contribution in [2.45, 2.75) is 6.42 Å². The molecule has 5 nitrogen and oxygen atoms in total. The van der Waals surface area contributed by atoms with Gasteiger partial charge in [-0.1, -0.05) is 24.1 Å². The van der Waals surface area contributed by atoms with Gasteiger partial charge in [-0.3, -0.25) is 4.79 Å². The monoisotopic (exact) mass is 356 g/mol. The van der Waals surface area contributed by atoms with Crippen molar-refractivity contribution in [2.24, 2.45) is 0 Å². The number of anilines is 2. The summed E-state index contributed by atoms with van der Waals surface area (Å²) in [6.45, 7) is 4.19. The first-order valence-electron chi connectivity index (χ1n) is 8.53. The predicted molar refractivity (Wildman–Crippen MR) is 109 cm³/mol. The van der Waals surface area contributed by atoms with E-state index < -0.39 is 0 Å². The molecule has 5 heteroatoms. The molecule has 0 saturated heterocycles. The van der Waals surface area contributed by atoms with Crippen LogP contribution in [0.25, 0.3) is 10.9 Å². The van der Waals surface area contributed by atoms with Crippen molar-refractivity contribution >= 4 is 28.3 Å². The highest BCUT2D eigenvalue weighted by Gasteiger charge is 2.11. The molecule has 2 aromatic carbocycles. The SMILES string of the molecule is C#Cc1cccc(Nc2ncnc3ccc(CC(=O)N(C)CC=C)cc23)c1. The minimum Gasteiger partial charge on any atom is -0.342 e. The molecule has 0 unspecified atom stereocenters. The maximum Gasteiger partial charge on any atom is 0.227 e. The zero-order chi connectivity index (χ0) is 19.2. The van der Waals surface area contributed by atoms with Gasteiger partial charge in [0.1, 0.15) is 12.1 Å². The van der Waals surface area contributed by atoms with E-state index >= 15 is 0 Å². The second kappa shape index (κ2) is 8.15. The first-order valence-corrected chi connectivity index (χ1v) is 8.53. The van der Waals surface area contributed by atoms with Gasteiger partial charge in [0.25, 0.3) is 0 Å². The summed E-state index contributed by atoms with van der Waals surface area (Å²) in [5, 5.41) is 4.14. The molecule has 0 saturated carbocycles. The Labute approximate surface area is 158 Å². The Kier molecular flexibility index (Phi) is 5.48. The smallest absolute Gasteiger partial charge is 0.227 e. The molecule has 3 aromatic rings. The summed E-state index contributed by atoms with van der Waals surface area (Å²) in [7, 11) is 1.76. The van der Waals surface area contributed by atoms with Crippen LogP contribution in [0.2, 0.25) is 0 Å². The number of carbonyl (C=O) groups is 1. The van der Waals surface area contributed by atoms with Gasteiger partial charge in [0.15, 0.2) is 0 Å². The quantitative estimate of drug-likeness (QED) is 0.542. The molecular formula is C22H20N4O. The zero-order valence-corrected chi connectivity index (χ0v) is 15.1. The summed E-state index contributed by atoms with van der Waals surface area (Å²) in [6.07, 6.45) is 9.00. The van der Waals surface area contributed by atoms with E-state index in [0.717, 1.165) is 27.7 Å². The third-order valence-corrected chi connectivity index (χ3v) is 4.18. The molecule has 27 heavy (non-hydrogen) atoms. The number of rotatable bonds is 6. The van der Waals surface area contributed by atoms with E-state index in [9.17, 15) is 4.79 Å². The number of fused-ring (bicyclic) bond motifs is 1. The van der Waals surface area contributed by atoms with E-state index in [1.54, 1.807) is 18.0 Å². The van der Waals surface area contributed by atoms with Crippen LogP contribution in [0.3, 0.4) is 0 Å². The highest BCUT2D eigenvalue weighted by molar-refractivity contribution is 5.92. The van der Waals surface area contributed by atoms with Gasteiger partial charge in [-0.15, -0.1) is 13.0 Å². The van der Waals surface area contributed by atoms with Crippen LogP contribution in [-0.4, -0.2) is 34.4 Å². The van der Waals surface area contributed by atoms with Crippen LogP contribution in [0.5, 0.6) is 0 Å². The lowest BCUT2D eigenvalue weighted by atomic mass is 10.1. The van der Waals surface area contributed by atoms with Crippen molar-refractivity contribution in [3.63, 3.8) is 0 Å². The van der Waals surface area contributed by atoms with Crippen molar-refractivity contribution < 1.29 is 4.79 Å². The average molecular weight is 356 g/mol. The normalized spacial score (nSPS) is 10.2. The number of benzene rings is 2. The maximum atomic E-state index is 12.3. The van der Waals surface area contributed by atoms with Crippen molar-refractivity contribution in [3.8, 4) is 12.3 Å². The summed E-state index contributed by atoms with van der Waals surface area (Å²) in [5.74, 6) is 3.32. The Bertz CT molecular complexity index is 1040. The molecule has 1 amide bonds. The zero-order valence-electron chi connectivity index (χ0n) is 15.1. The molecule has 134 valence electrons. The number of amides is 1. The molecule has 0 bridgehead atoms. The fourth-order valence-electron chi connectivity index (χ4n) is 2.74. The summed E-state index contributed by atoms with van der Waals surface area (Å²) < 4.78 is 0. The van der Waals surface area contributed by atoms with Gasteiger partial charge in [0.2, 0.25) is 5.91 Å². The van der Waals surface area contributed by atoms with E-state index in [1.807, 2.05) is 42.5 Å². The fourth-order valence-corrected chi connectivity index (χ4v) is 2.74. The van der Waals surface area contributed by atoms with Crippen LogP contribution >= 0.6 is 0 Å². The van der Waals surface area contributed by atoms with Gasteiger partial charge >= 0.3 is 0 Å². The van der Waals surface area contributed by atoms with Gasteiger partial charge in [-0.2, -0.15) is 0 Å². The summed E-state index contributed by atoms with van der Waals surface area (Å²) in [4.78, 5) is 22.6. The van der Waals surface area contributed by atoms with E-state index in [0.29, 0.717) is 18.8 Å². The van der Waals surface area contributed by atoms with E-state index in [-0.39, 0.29) is 5.91 Å². The Balaban J connectivity index is 1.91. The van der Waals surface area contributed by atoms with Crippen LogP contribution in [0.4, 0.5) is 11.5 Å². The predicted octanol–water partition coefficient (Wildman–Crippen LogP) is 3.54. The molecule has 1 heterocycles. The topological polar surface area (TPSA) is 58.1 Å². The Morgan fingerprint density at radius 3 is 2.93 bits per heavy atom. The Morgan fingerprint density at radius 2 is 2.15 bits per heavy atom. The molecule has 0 aliphatic heterocycles. The lowest BCUT2D eigenvalue weighted by Gasteiger charge is -2.15. The molecule has 1 N–H and O–H groups in total. The fraction of sp³-hybridized carbons (Fsp3) is 0.136. The van der Waals surface area contributed by atoms with Crippen molar-refractivity contribution in [1.29, 1.82) is 0 Å². The van der Waals surface area contributed by atoms with E-state index in [4.69, 9.17) is 6.42 Å². The highest BCUT2D eigenvalue weighted by Crippen LogP contribution is 2.24. The van der Waals surface area contributed by atoms with Crippen molar-refractivity contribution in [2.75, 3.05) is 18.9 Å². The van der Waals surface area contributed by atoms with Crippen LogP contribution in [-0.2, 0) is 11.2 Å². The number of nitrogens with zero attached hydrogens (tertiary/aromatic N) is 3. The number of terminal acetylenes is 1. The van der Waals surface area contributed by atoms with Gasteiger partial charge in [-0.05, 0) is 35.9 Å². The highest BCUT2D eigenvalue weighted by atomic mass is 16.2. The van der Waals surface area contributed by atoms with Gasteiger partial charge in [0.05, 0.1) is 11.9 Å². The summed E-state index contributed by atoms with van der Waals surface area (Å²) >= 11 is 0. The minimum atomic E-state index is 0.0299. The standard InChI is InChI=1S/C22H20N4O/c1-4-11-26(3)21(27)14-17-9-10-20-19(13-17)22(24-15-23-20)25-18-8-6-7-16(5-2)12-18/h2,4,6-10,12-13,15H,1,11,14H2,3H3,(H,23,24,25). The first kappa shape index (κ1) is 18.2. The lowest BCUT2D eigenvalue weighted by Crippen LogP contribution is -2.28. The van der Waals surface area contributed by atoms with Gasteiger partial charge in [0, 0.05) is 30.2 Å². The third-order valence-electron chi connectivity index (χ3n) is 4.18. The second-order valence-electron chi connectivity index (χ2n) is 6.16. The van der Waals surface area contributed by atoms with E-state index in [2.05, 4.69) is 27.8 Å². The number of hydrogen-bond acceptors (Lipinski definition) is 4. The van der Waals surface area contributed by atoms with Crippen molar-refractivity contribution in [3.05, 3.63) is 72.6 Å². The summed E-state index contributed by atoms with van der Waals surface area (Å²) in [6, 6.07) is 13.3. The van der Waals surface area contributed by atoms with Gasteiger partial charge < -0.3 is 10.2 Å². The molecule has 1 aromatic heterocycles. The number of carbonyl (C=O) groups excluding carboxylic acids is 1. The van der Waals surface area contributed by atoms with Crippen LogP contribution in [0.1, 0.15) is 11.1 Å². The molecule has 0 fully saturated rings. The van der Waals surface area contributed by atoms with Crippen molar-refractivity contribution in [1.82, 2.24) is 14.9 Å². The Morgan fingerprint density at radius 1 is 1.30 bits per heavy atom. The number of nitrogens with one attached hydrogen (secondary N) is 1. The number of aromatic nitrogens is 2. The lowest BCUT2D eigenvalue weighted by molar-refractivity contribution is -0.128. The number of hydrogen-bond donors (Lipinski definition) is 1. The minimum absolute atomic E-state index is 0.0299. The molecular weight excluding hydrogens is 336 g/mol. The third kappa shape index (κ3) is 4.31. The second-order valence-corrected chi connectivity index (χ2v) is 6.16. The average Bonchev–Trinajstić information content (AvgIpc) is 2.68. The summed E-state index contributed by atoms with van der Waals surface area (Å²) in [5.41, 5.74) is 3.34. The van der Waals surface area contributed by atoms with E-state index in [1.165, 1.54) is 6.33 Å².